The number of rotatable bonds is 6. The molecule has 0 spiro atoms. The first-order valence-electron chi connectivity index (χ1n) is 8.42. The molecule has 0 saturated carbocycles. The second kappa shape index (κ2) is 7.97. The Hall–Kier alpha value is -1.93. The van der Waals surface area contributed by atoms with Gasteiger partial charge in [-0.05, 0) is 12.8 Å². The number of amides is 2. The molecule has 25 heavy (non-hydrogen) atoms. The van der Waals surface area contributed by atoms with E-state index in [-0.39, 0.29) is 37.3 Å². The van der Waals surface area contributed by atoms with Crippen LogP contribution in [0.2, 0.25) is 0 Å². The Balaban J connectivity index is 2.26. The summed E-state index contributed by atoms with van der Waals surface area (Å²) in [6, 6.07) is 0. The van der Waals surface area contributed by atoms with Gasteiger partial charge < -0.3 is 24.2 Å². The third-order valence-electron chi connectivity index (χ3n) is 4.35. The van der Waals surface area contributed by atoms with Crippen molar-refractivity contribution in [3.63, 3.8) is 0 Å². The van der Waals surface area contributed by atoms with Gasteiger partial charge in [0.15, 0.2) is 0 Å². The van der Waals surface area contributed by atoms with Crippen molar-refractivity contribution in [1.82, 2.24) is 15.4 Å². The van der Waals surface area contributed by atoms with Crippen LogP contribution in [-0.4, -0.2) is 67.9 Å². The minimum absolute atomic E-state index is 0.0760. The lowest BCUT2D eigenvalue weighted by Crippen LogP contribution is -2.57. The molecule has 2 heterocycles. The largest absolute Gasteiger partial charge is 0.382 e. The molecule has 1 fully saturated rings. The SMILES string of the molecule is CNC(=O)CC1(COC)CN(C(=O)c2c(C(C)C)noc2C)CCO1. The molecule has 1 unspecified atom stereocenters. The average molecular weight is 353 g/mol. The van der Waals surface area contributed by atoms with E-state index in [2.05, 4.69) is 10.5 Å². The van der Waals surface area contributed by atoms with E-state index in [1.165, 1.54) is 0 Å². The van der Waals surface area contributed by atoms with Crippen molar-refractivity contribution in [2.45, 2.75) is 38.7 Å². The summed E-state index contributed by atoms with van der Waals surface area (Å²) < 4.78 is 16.4. The summed E-state index contributed by atoms with van der Waals surface area (Å²) in [4.78, 5) is 26.7. The molecular formula is C17H27N3O5. The first kappa shape index (κ1) is 19.4. The molecule has 1 atom stereocenters. The van der Waals surface area contributed by atoms with E-state index in [4.69, 9.17) is 14.0 Å². The Labute approximate surface area is 147 Å². The van der Waals surface area contributed by atoms with Gasteiger partial charge in [0, 0.05) is 20.7 Å². The molecule has 1 aromatic heterocycles. The van der Waals surface area contributed by atoms with Crippen molar-refractivity contribution in [2.75, 3.05) is 40.5 Å². The molecule has 0 aromatic carbocycles. The summed E-state index contributed by atoms with van der Waals surface area (Å²) in [6.45, 7) is 6.95. The highest BCUT2D eigenvalue weighted by Crippen LogP contribution is 2.27. The van der Waals surface area contributed by atoms with Gasteiger partial charge in [0.05, 0.1) is 31.9 Å². The van der Waals surface area contributed by atoms with Gasteiger partial charge in [0.25, 0.3) is 5.91 Å². The lowest BCUT2D eigenvalue weighted by atomic mass is 9.96. The zero-order valence-corrected chi connectivity index (χ0v) is 15.5. The number of hydrogen-bond donors (Lipinski definition) is 1. The van der Waals surface area contributed by atoms with Crippen molar-refractivity contribution in [2.24, 2.45) is 0 Å². The third-order valence-corrected chi connectivity index (χ3v) is 4.35. The van der Waals surface area contributed by atoms with Crippen molar-refractivity contribution in [3.05, 3.63) is 17.0 Å². The first-order chi connectivity index (χ1) is 11.8. The van der Waals surface area contributed by atoms with Crippen LogP contribution in [0, 0.1) is 6.92 Å². The summed E-state index contributed by atoms with van der Waals surface area (Å²) in [5, 5.41) is 6.62. The molecule has 1 aromatic rings. The molecule has 0 aliphatic carbocycles. The molecule has 0 radical (unpaired) electrons. The topological polar surface area (TPSA) is 93.9 Å². The van der Waals surface area contributed by atoms with Crippen LogP contribution >= 0.6 is 0 Å². The smallest absolute Gasteiger partial charge is 0.259 e. The Morgan fingerprint density at radius 2 is 2.16 bits per heavy atom. The Morgan fingerprint density at radius 1 is 1.44 bits per heavy atom. The van der Waals surface area contributed by atoms with Crippen molar-refractivity contribution in [3.8, 4) is 0 Å². The second-order valence-electron chi connectivity index (χ2n) is 6.69. The van der Waals surface area contributed by atoms with Crippen LogP contribution in [0.3, 0.4) is 0 Å². The number of morpholine rings is 1. The minimum atomic E-state index is -0.855. The summed E-state index contributed by atoms with van der Waals surface area (Å²) in [5.41, 5.74) is 0.298. The Kier molecular flexibility index (Phi) is 6.18. The standard InChI is InChI=1S/C17H27N3O5/c1-11(2)15-14(12(3)25-19-15)16(22)20-6-7-24-17(9-20,10-23-5)8-13(21)18-4/h11H,6-10H2,1-5H3,(H,18,21). The van der Waals surface area contributed by atoms with Crippen LogP contribution < -0.4 is 5.32 Å². The lowest BCUT2D eigenvalue weighted by molar-refractivity contribution is -0.150. The number of nitrogens with zero attached hydrogens (tertiary/aromatic N) is 2. The van der Waals surface area contributed by atoms with E-state index in [9.17, 15) is 9.59 Å². The molecule has 8 nitrogen and oxygen atoms in total. The van der Waals surface area contributed by atoms with E-state index in [1.54, 1.807) is 26.0 Å². The van der Waals surface area contributed by atoms with E-state index in [1.807, 2.05) is 13.8 Å². The Morgan fingerprint density at radius 3 is 2.76 bits per heavy atom. The second-order valence-corrected chi connectivity index (χ2v) is 6.69. The number of aryl methyl sites for hydroxylation is 1. The third kappa shape index (κ3) is 4.19. The van der Waals surface area contributed by atoms with Gasteiger partial charge in [0.2, 0.25) is 5.91 Å². The molecule has 8 heteroatoms. The first-order valence-corrected chi connectivity index (χ1v) is 8.42. The van der Waals surface area contributed by atoms with Gasteiger partial charge in [-0.3, -0.25) is 9.59 Å². The van der Waals surface area contributed by atoms with Gasteiger partial charge in [-0.1, -0.05) is 19.0 Å². The average Bonchev–Trinajstić information content (AvgIpc) is 2.96. The van der Waals surface area contributed by atoms with Crippen molar-refractivity contribution >= 4 is 11.8 Å². The van der Waals surface area contributed by atoms with E-state index >= 15 is 0 Å². The number of carbonyl (C=O) groups excluding carboxylic acids is 2. The van der Waals surface area contributed by atoms with E-state index in [0.29, 0.717) is 30.2 Å². The fourth-order valence-electron chi connectivity index (χ4n) is 3.11. The number of aromatic nitrogens is 1. The molecule has 1 aliphatic rings. The van der Waals surface area contributed by atoms with Gasteiger partial charge in [-0.15, -0.1) is 0 Å². The summed E-state index contributed by atoms with van der Waals surface area (Å²) in [5.74, 6) is 0.273. The predicted molar refractivity (Wildman–Crippen MR) is 90.5 cm³/mol. The molecule has 1 N–H and O–H groups in total. The van der Waals surface area contributed by atoms with Crippen LogP contribution in [0.5, 0.6) is 0 Å². The Bertz CT molecular complexity index is 624. The molecule has 0 bridgehead atoms. The minimum Gasteiger partial charge on any atom is -0.382 e. The number of nitrogens with one attached hydrogen (secondary N) is 1. The highest BCUT2D eigenvalue weighted by Gasteiger charge is 2.41. The lowest BCUT2D eigenvalue weighted by Gasteiger charge is -2.42. The highest BCUT2D eigenvalue weighted by atomic mass is 16.5. The van der Waals surface area contributed by atoms with Crippen molar-refractivity contribution < 1.29 is 23.6 Å². The van der Waals surface area contributed by atoms with Gasteiger partial charge in [-0.25, -0.2) is 0 Å². The van der Waals surface area contributed by atoms with Gasteiger partial charge in [0.1, 0.15) is 16.9 Å². The van der Waals surface area contributed by atoms with Crippen LogP contribution in [0.15, 0.2) is 4.52 Å². The van der Waals surface area contributed by atoms with Crippen LogP contribution in [0.1, 0.15) is 48.0 Å². The fraction of sp³-hybridized carbons (Fsp3) is 0.706. The number of methoxy groups -OCH3 is 1. The fourth-order valence-corrected chi connectivity index (χ4v) is 3.11. The van der Waals surface area contributed by atoms with Gasteiger partial charge >= 0.3 is 0 Å². The summed E-state index contributed by atoms with van der Waals surface area (Å²) >= 11 is 0. The van der Waals surface area contributed by atoms with E-state index in [0.717, 1.165) is 0 Å². The molecular weight excluding hydrogens is 326 g/mol. The molecule has 1 aliphatic heterocycles. The summed E-state index contributed by atoms with van der Waals surface area (Å²) in [7, 11) is 3.13. The van der Waals surface area contributed by atoms with Crippen LogP contribution in [-0.2, 0) is 14.3 Å². The predicted octanol–water partition coefficient (Wildman–Crippen LogP) is 1.10. The zero-order chi connectivity index (χ0) is 18.6. The maximum absolute atomic E-state index is 13.1. The van der Waals surface area contributed by atoms with Crippen molar-refractivity contribution in [1.29, 1.82) is 0 Å². The van der Waals surface area contributed by atoms with Gasteiger partial charge in [-0.2, -0.15) is 0 Å². The normalized spacial score (nSPS) is 20.8. The van der Waals surface area contributed by atoms with Crippen LogP contribution in [0.4, 0.5) is 0 Å². The van der Waals surface area contributed by atoms with Crippen LogP contribution in [0.25, 0.3) is 0 Å². The highest BCUT2D eigenvalue weighted by molar-refractivity contribution is 5.96. The number of ether oxygens (including phenoxy) is 2. The molecule has 1 saturated heterocycles. The zero-order valence-electron chi connectivity index (χ0n) is 15.5. The number of carbonyl (C=O) groups is 2. The monoisotopic (exact) mass is 353 g/mol. The molecule has 2 amide bonds. The van der Waals surface area contributed by atoms with E-state index < -0.39 is 5.60 Å². The number of hydrogen-bond acceptors (Lipinski definition) is 6. The molecule has 140 valence electrons. The summed E-state index contributed by atoms with van der Waals surface area (Å²) in [6.07, 6.45) is 0.126. The maximum Gasteiger partial charge on any atom is 0.259 e. The quantitative estimate of drug-likeness (QED) is 0.823. The maximum atomic E-state index is 13.1. The molecule has 2 rings (SSSR count).